The molecule has 0 bridgehead atoms. The normalized spacial score (nSPS) is 16.1. The molecule has 0 spiro atoms. The Bertz CT molecular complexity index is 975. The Morgan fingerprint density at radius 2 is 2.07 bits per heavy atom. The lowest BCUT2D eigenvalue weighted by molar-refractivity contribution is -0.124. The first-order chi connectivity index (χ1) is 14.2. The van der Waals surface area contributed by atoms with Crippen molar-refractivity contribution in [2.45, 2.75) is 31.8 Å². The van der Waals surface area contributed by atoms with Crippen molar-refractivity contribution >= 4 is 28.5 Å². The van der Waals surface area contributed by atoms with Crippen molar-refractivity contribution in [1.29, 1.82) is 0 Å². The Morgan fingerprint density at radius 3 is 2.90 bits per heavy atom. The number of rotatable bonds is 7. The van der Waals surface area contributed by atoms with E-state index in [0.717, 1.165) is 42.5 Å². The van der Waals surface area contributed by atoms with Crippen LogP contribution in [0.3, 0.4) is 0 Å². The van der Waals surface area contributed by atoms with Gasteiger partial charge in [-0.1, -0.05) is 18.2 Å². The molecule has 4 rings (SSSR count). The van der Waals surface area contributed by atoms with Crippen molar-refractivity contribution in [2.24, 2.45) is 0 Å². The molecule has 2 aromatic carbocycles. The molecule has 150 valence electrons. The highest BCUT2D eigenvalue weighted by molar-refractivity contribution is 5.98. The number of nitrogens with one attached hydrogen (secondary N) is 3. The highest BCUT2D eigenvalue weighted by atomic mass is 16.5. The lowest BCUT2D eigenvalue weighted by Gasteiger charge is -2.11. The smallest absolute Gasteiger partial charge is 0.253 e. The lowest BCUT2D eigenvalue weighted by atomic mass is 10.1. The summed E-state index contributed by atoms with van der Waals surface area (Å²) in [5.41, 5.74) is 3.08. The number of hydrogen-bond donors (Lipinski definition) is 3. The second-order valence-electron chi connectivity index (χ2n) is 7.13. The highest BCUT2D eigenvalue weighted by Gasteiger charge is 2.23. The molecule has 7 heteroatoms. The second kappa shape index (κ2) is 8.87. The first-order valence-corrected chi connectivity index (χ1v) is 9.93. The number of anilines is 1. The molecule has 0 aliphatic carbocycles. The van der Waals surface area contributed by atoms with E-state index >= 15 is 0 Å². The van der Waals surface area contributed by atoms with Crippen molar-refractivity contribution in [3.8, 4) is 0 Å². The lowest BCUT2D eigenvalue weighted by Crippen LogP contribution is -2.27. The van der Waals surface area contributed by atoms with Gasteiger partial charge in [0.25, 0.3) is 11.8 Å². The second-order valence-corrected chi connectivity index (χ2v) is 7.13. The predicted molar refractivity (Wildman–Crippen MR) is 111 cm³/mol. The minimum atomic E-state index is -0.397. The minimum Gasteiger partial charge on any atom is -0.368 e. The van der Waals surface area contributed by atoms with Crippen LogP contribution < -0.4 is 10.6 Å². The fourth-order valence-corrected chi connectivity index (χ4v) is 3.43. The summed E-state index contributed by atoms with van der Waals surface area (Å²) in [4.78, 5) is 32.4. The fourth-order valence-electron chi connectivity index (χ4n) is 3.43. The van der Waals surface area contributed by atoms with E-state index in [1.165, 1.54) is 0 Å². The first-order valence-electron chi connectivity index (χ1n) is 9.93. The van der Waals surface area contributed by atoms with Gasteiger partial charge >= 0.3 is 0 Å². The topological polar surface area (TPSA) is 96.1 Å². The Balaban J connectivity index is 1.26. The zero-order valence-corrected chi connectivity index (χ0v) is 16.1. The molecule has 0 radical (unpaired) electrons. The van der Waals surface area contributed by atoms with Gasteiger partial charge in [-0.2, -0.15) is 0 Å². The van der Waals surface area contributed by atoms with Gasteiger partial charge in [-0.15, -0.1) is 0 Å². The van der Waals surface area contributed by atoms with Crippen molar-refractivity contribution in [3.05, 3.63) is 59.9 Å². The number of aromatic amines is 1. The van der Waals surface area contributed by atoms with Crippen LogP contribution in [0.2, 0.25) is 0 Å². The molecule has 1 aliphatic rings. The zero-order valence-electron chi connectivity index (χ0n) is 16.1. The third-order valence-electron chi connectivity index (χ3n) is 4.93. The first kappa shape index (κ1) is 19.1. The van der Waals surface area contributed by atoms with Gasteiger partial charge < -0.3 is 20.4 Å². The van der Waals surface area contributed by atoms with Crippen LogP contribution in [0.15, 0.2) is 48.5 Å². The molecule has 1 aromatic heterocycles. The summed E-state index contributed by atoms with van der Waals surface area (Å²) in [5, 5.41) is 5.74. The molecule has 0 saturated carbocycles. The van der Waals surface area contributed by atoms with Crippen molar-refractivity contribution in [1.82, 2.24) is 15.3 Å². The maximum Gasteiger partial charge on any atom is 0.253 e. The van der Waals surface area contributed by atoms with Crippen LogP contribution in [0.4, 0.5) is 5.69 Å². The molecule has 1 atom stereocenters. The number of ether oxygens (including phenoxy) is 1. The number of aryl methyl sites for hydroxylation is 1. The van der Waals surface area contributed by atoms with Gasteiger partial charge in [-0.25, -0.2) is 4.98 Å². The van der Waals surface area contributed by atoms with Crippen LogP contribution in [-0.4, -0.2) is 41.0 Å². The number of benzene rings is 2. The maximum absolute atomic E-state index is 12.4. The molecule has 29 heavy (non-hydrogen) atoms. The summed E-state index contributed by atoms with van der Waals surface area (Å²) in [6.45, 7) is 1.16. The van der Waals surface area contributed by atoms with Gasteiger partial charge in [-0.3, -0.25) is 9.59 Å². The Labute approximate surface area is 168 Å². The van der Waals surface area contributed by atoms with Crippen LogP contribution in [0.25, 0.3) is 11.0 Å². The number of carbonyl (C=O) groups excluding carboxylic acids is 2. The molecule has 1 saturated heterocycles. The molecular weight excluding hydrogens is 368 g/mol. The predicted octanol–water partition coefficient (Wildman–Crippen LogP) is 3.04. The van der Waals surface area contributed by atoms with E-state index in [9.17, 15) is 9.59 Å². The van der Waals surface area contributed by atoms with Crippen LogP contribution >= 0.6 is 0 Å². The number of carbonyl (C=O) groups is 2. The summed E-state index contributed by atoms with van der Waals surface area (Å²) in [6.07, 6.45) is 2.77. The molecule has 1 unspecified atom stereocenters. The monoisotopic (exact) mass is 392 g/mol. The molecule has 1 fully saturated rings. The van der Waals surface area contributed by atoms with Crippen LogP contribution in [0.1, 0.15) is 35.4 Å². The van der Waals surface area contributed by atoms with Gasteiger partial charge in [0.15, 0.2) is 0 Å². The average Bonchev–Trinajstić information content (AvgIpc) is 3.41. The summed E-state index contributed by atoms with van der Waals surface area (Å²) in [5.74, 6) is 0.591. The maximum atomic E-state index is 12.4. The van der Waals surface area contributed by atoms with Crippen molar-refractivity contribution in [3.63, 3.8) is 0 Å². The summed E-state index contributed by atoms with van der Waals surface area (Å²) in [6, 6.07) is 14.9. The van der Waals surface area contributed by atoms with Gasteiger partial charge in [0, 0.05) is 30.8 Å². The molecule has 7 nitrogen and oxygen atoms in total. The van der Waals surface area contributed by atoms with Gasteiger partial charge in [-0.05, 0) is 49.6 Å². The summed E-state index contributed by atoms with van der Waals surface area (Å²) >= 11 is 0. The number of fused-ring (bicyclic) bond motifs is 1. The number of nitrogens with zero attached hydrogens (tertiary/aromatic N) is 1. The molecule has 3 aromatic rings. The average molecular weight is 392 g/mol. The Morgan fingerprint density at radius 1 is 1.17 bits per heavy atom. The molecule has 1 aliphatic heterocycles. The van der Waals surface area contributed by atoms with Gasteiger partial charge in [0.2, 0.25) is 0 Å². The number of hydrogen-bond acceptors (Lipinski definition) is 4. The Kier molecular flexibility index (Phi) is 5.86. The molecule has 2 amide bonds. The SMILES string of the molecule is O=C(NCCCc1nc2ccccc2[nH]1)c1cccc(NC(=O)C2CCCO2)c1. The number of H-pyrrole nitrogens is 1. The Hall–Kier alpha value is -3.19. The standard InChI is InChI=1S/C22H24N4O3/c27-21(23-12-4-11-20-25-17-8-1-2-9-18(17)26-20)15-6-3-7-16(14-15)24-22(28)19-10-5-13-29-19/h1-3,6-9,14,19H,4-5,10-13H2,(H,23,27)(H,24,28)(H,25,26). The fraction of sp³-hybridized carbons (Fsp3) is 0.318. The molecule has 2 heterocycles. The third-order valence-corrected chi connectivity index (χ3v) is 4.93. The number of amides is 2. The van der Waals surface area contributed by atoms with E-state index in [4.69, 9.17) is 4.74 Å². The number of para-hydroxylation sites is 2. The quantitative estimate of drug-likeness (QED) is 0.539. The summed E-state index contributed by atoms with van der Waals surface area (Å²) < 4.78 is 5.39. The third kappa shape index (κ3) is 4.81. The largest absolute Gasteiger partial charge is 0.368 e. The highest BCUT2D eigenvalue weighted by Crippen LogP contribution is 2.16. The van der Waals surface area contributed by atoms with Gasteiger partial charge in [0.05, 0.1) is 11.0 Å². The van der Waals surface area contributed by atoms with E-state index in [1.54, 1.807) is 24.3 Å². The van der Waals surface area contributed by atoms with Crippen molar-refractivity contribution < 1.29 is 14.3 Å². The van der Waals surface area contributed by atoms with E-state index in [1.807, 2.05) is 24.3 Å². The van der Waals surface area contributed by atoms with E-state index in [2.05, 4.69) is 20.6 Å². The minimum absolute atomic E-state index is 0.161. The van der Waals surface area contributed by atoms with Crippen molar-refractivity contribution in [2.75, 3.05) is 18.5 Å². The van der Waals surface area contributed by atoms with E-state index < -0.39 is 6.10 Å². The number of imidazole rings is 1. The molecule has 3 N–H and O–H groups in total. The van der Waals surface area contributed by atoms with Crippen LogP contribution in [-0.2, 0) is 16.0 Å². The summed E-state index contributed by atoms with van der Waals surface area (Å²) in [7, 11) is 0. The number of aromatic nitrogens is 2. The van der Waals surface area contributed by atoms with Crippen LogP contribution in [0.5, 0.6) is 0 Å². The van der Waals surface area contributed by atoms with Crippen LogP contribution in [0, 0.1) is 0 Å². The molecular formula is C22H24N4O3. The van der Waals surface area contributed by atoms with E-state index in [0.29, 0.717) is 24.4 Å². The zero-order chi connectivity index (χ0) is 20.1. The van der Waals surface area contributed by atoms with E-state index in [-0.39, 0.29) is 11.8 Å². The van der Waals surface area contributed by atoms with Gasteiger partial charge in [0.1, 0.15) is 11.9 Å².